The third-order valence-electron chi connectivity index (χ3n) is 3.58. The number of ether oxygens (including phenoxy) is 2. The summed E-state index contributed by atoms with van der Waals surface area (Å²) in [6.07, 6.45) is -1.09. The van der Waals surface area contributed by atoms with Gasteiger partial charge >= 0.3 is 12.2 Å². The third kappa shape index (κ3) is 8.57. The van der Waals surface area contributed by atoms with Crippen LogP contribution in [0.1, 0.15) is 46.6 Å². The van der Waals surface area contributed by atoms with Crippen LogP contribution in [-0.2, 0) is 20.9 Å². The first-order valence-electron chi connectivity index (χ1n) is 8.97. The Morgan fingerprint density at radius 3 is 2.22 bits per heavy atom. The zero-order chi connectivity index (χ0) is 20.6. The number of amides is 3. The fourth-order valence-electron chi connectivity index (χ4n) is 2.29. The van der Waals surface area contributed by atoms with E-state index in [1.165, 1.54) is 11.9 Å². The van der Waals surface area contributed by atoms with Gasteiger partial charge in [-0.3, -0.25) is 15.0 Å². The number of nitrogens with one attached hydrogen (secondary N) is 1. The summed E-state index contributed by atoms with van der Waals surface area (Å²) in [5, 5.41) is 2.20. The molecule has 1 N–H and O–H groups in total. The third-order valence-corrected chi connectivity index (χ3v) is 3.58. The zero-order valence-electron chi connectivity index (χ0n) is 16.9. The van der Waals surface area contributed by atoms with Crippen molar-refractivity contribution in [3.63, 3.8) is 0 Å². The molecule has 0 aromatic heterocycles. The molecule has 0 saturated heterocycles. The van der Waals surface area contributed by atoms with Gasteiger partial charge in [-0.2, -0.15) is 0 Å². The van der Waals surface area contributed by atoms with Crippen LogP contribution in [0.2, 0.25) is 0 Å². The monoisotopic (exact) mass is 378 g/mol. The number of rotatable bonds is 6. The molecular formula is C20H30N2O5. The van der Waals surface area contributed by atoms with Crippen LogP contribution in [0.3, 0.4) is 0 Å². The van der Waals surface area contributed by atoms with Crippen molar-refractivity contribution in [3.05, 3.63) is 35.9 Å². The first-order chi connectivity index (χ1) is 12.5. The van der Waals surface area contributed by atoms with E-state index in [9.17, 15) is 14.4 Å². The molecule has 27 heavy (non-hydrogen) atoms. The molecule has 1 aromatic rings. The Balaban J connectivity index is 2.70. The summed E-state index contributed by atoms with van der Waals surface area (Å²) in [6, 6.07) is 8.30. The lowest BCUT2D eigenvalue weighted by Gasteiger charge is -2.30. The molecule has 0 radical (unpaired) electrons. The standard InChI is InChI=1S/C20H30N2O5/c1-14(2)12-16(22(6)19(25)27-20(3,4)5)17(23)21-18(24)26-13-15-10-8-7-9-11-15/h7-11,14,16H,12-13H2,1-6H3,(H,21,23,24)/t16-/m0/s1. The van der Waals surface area contributed by atoms with Gasteiger partial charge in [-0.25, -0.2) is 9.59 Å². The van der Waals surface area contributed by atoms with Crippen molar-refractivity contribution in [2.45, 2.75) is 59.3 Å². The maximum atomic E-state index is 12.6. The Labute approximate surface area is 161 Å². The first kappa shape index (κ1) is 22.5. The average Bonchev–Trinajstić information content (AvgIpc) is 2.56. The first-order valence-corrected chi connectivity index (χ1v) is 8.97. The van der Waals surface area contributed by atoms with Gasteiger partial charge in [0.2, 0.25) is 0 Å². The molecule has 0 spiro atoms. The number of carbonyl (C=O) groups excluding carboxylic acids is 3. The van der Waals surface area contributed by atoms with Gasteiger partial charge < -0.3 is 9.47 Å². The van der Waals surface area contributed by atoms with Crippen LogP contribution in [-0.4, -0.2) is 41.7 Å². The topological polar surface area (TPSA) is 84.9 Å². The normalized spacial score (nSPS) is 12.3. The second-order valence-corrected chi connectivity index (χ2v) is 7.79. The van der Waals surface area contributed by atoms with E-state index in [-0.39, 0.29) is 12.5 Å². The Morgan fingerprint density at radius 2 is 1.70 bits per heavy atom. The molecule has 0 fully saturated rings. The summed E-state index contributed by atoms with van der Waals surface area (Å²) in [7, 11) is 1.48. The molecule has 0 saturated carbocycles. The van der Waals surface area contributed by atoms with Gasteiger partial charge in [-0.1, -0.05) is 44.2 Å². The SMILES string of the molecule is CC(C)C[C@@H](C(=O)NC(=O)OCc1ccccc1)N(C)C(=O)OC(C)(C)C. The molecule has 150 valence electrons. The van der Waals surface area contributed by atoms with E-state index >= 15 is 0 Å². The molecule has 3 amide bonds. The molecule has 7 heteroatoms. The lowest BCUT2D eigenvalue weighted by Crippen LogP contribution is -2.51. The van der Waals surface area contributed by atoms with Crippen LogP contribution < -0.4 is 5.32 Å². The van der Waals surface area contributed by atoms with Gasteiger partial charge in [0.15, 0.2) is 0 Å². The molecule has 0 aliphatic rings. The summed E-state index contributed by atoms with van der Waals surface area (Å²) in [5.41, 5.74) is 0.128. The second kappa shape index (κ2) is 9.94. The number of imide groups is 1. The molecule has 1 rings (SSSR count). The lowest BCUT2D eigenvalue weighted by atomic mass is 10.0. The number of benzene rings is 1. The highest BCUT2D eigenvalue weighted by molar-refractivity contribution is 5.96. The number of alkyl carbamates (subject to hydrolysis) is 1. The van der Waals surface area contributed by atoms with Crippen molar-refractivity contribution in [1.82, 2.24) is 10.2 Å². The molecule has 7 nitrogen and oxygen atoms in total. The summed E-state index contributed by atoms with van der Waals surface area (Å²) < 4.78 is 10.4. The van der Waals surface area contributed by atoms with Crippen LogP contribution in [0.15, 0.2) is 30.3 Å². The minimum atomic E-state index is -0.852. The average molecular weight is 378 g/mol. The summed E-state index contributed by atoms with van der Waals surface area (Å²) >= 11 is 0. The Kier molecular flexibility index (Phi) is 8.28. The van der Waals surface area contributed by atoms with Crippen LogP contribution in [0.25, 0.3) is 0 Å². The van der Waals surface area contributed by atoms with Gasteiger partial charge in [-0.15, -0.1) is 0 Å². The summed E-state index contributed by atoms with van der Waals surface area (Å²) in [4.78, 5) is 38.0. The van der Waals surface area contributed by atoms with Crippen molar-refractivity contribution >= 4 is 18.1 Å². The minimum Gasteiger partial charge on any atom is -0.444 e. The quantitative estimate of drug-likeness (QED) is 0.815. The smallest absolute Gasteiger partial charge is 0.414 e. The number of nitrogens with zero attached hydrogens (tertiary/aromatic N) is 1. The van der Waals surface area contributed by atoms with Crippen molar-refractivity contribution in [2.75, 3.05) is 7.05 Å². The van der Waals surface area contributed by atoms with Gasteiger partial charge in [-0.05, 0) is 38.7 Å². The zero-order valence-corrected chi connectivity index (χ0v) is 16.9. The maximum absolute atomic E-state index is 12.6. The van der Waals surface area contributed by atoms with Crippen LogP contribution in [0, 0.1) is 5.92 Å². The van der Waals surface area contributed by atoms with E-state index in [4.69, 9.17) is 9.47 Å². The fourth-order valence-corrected chi connectivity index (χ4v) is 2.29. The Hall–Kier alpha value is -2.57. The van der Waals surface area contributed by atoms with E-state index in [2.05, 4.69) is 5.32 Å². The Bertz CT molecular complexity index is 638. The molecule has 1 aromatic carbocycles. The largest absolute Gasteiger partial charge is 0.444 e. The van der Waals surface area contributed by atoms with E-state index in [1.54, 1.807) is 20.8 Å². The molecular weight excluding hydrogens is 348 g/mol. The Morgan fingerprint density at radius 1 is 1.11 bits per heavy atom. The molecule has 0 bridgehead atoms. The van der Waals surface area contributed by atoms with E-state index in [0.29, 0.717) is 6.42 Å². The van der Waals surface area contributed by atoms with Crippen molar-refractivity contribution in [2.24, 2.45) is 5.92 Å². The van der Waals surface area contributed by atoms with Crippen LogP contribution in [0.4, 0.5) is 9.59 Å². The van der Waals surface area contributed by atoms with Crippen molar-refractivity contribution in [3.8, 4) is 0 Å². The number of hydrogen-bond donors (Lipinski definition) is 1. The van der Waals surface area contributed by atoms with Crippen molar-refractivity contribution in [1.29, 1.82) is 0 Å². The fraction of sp³-hybridized carbons (Fsp3) is 0.550. The minimum absolute atomic E-state index is 0.0523. The van der Waals surface area contributed by atoms with Gasteiger partial charge in [0, 0.05) is 7.05 Å². The maximum Gasteiger partial charge on any atom is 0.414 e. The van der Waals surface area contributed by atoms with Gasteiger partial charge in [0.05, 0.1) is 0 Å². The summed E-state index contributed by atoms with van der Waals surface area (Å²) in [6.45, 7) is 9.15. The van der Waals surface area contributed by atoms with Crippen LogP contribution in [0.5, 0.6) is 0 Å². The second-order valence-electron chi connectivity index (χ2n) is 7.79. The molecule has 0 unspecified atom stereocenters. The van der Waals surface area contributed by atoms with Crippen LogP contribution >= 0.6 is 0 Å². The molecule has 0 aliphatic heterocycles. The number of hydrogen-bond acceptors (Lipinski definition) is 5. The molecule has 0 aliphatic carbocycles. The highest BCUT2D eigenvalue weighted by atomic mass is 16.6. The van der Waals surface area contributed by atoms with E-state index in [0.717, 1.165) is 5.56 Å². The van der Waals surface area contributed by atoms with E-state index in [1.807, 2.05) is 44.2 Å². The predicted octanol–water partition coefficient (Wildman–Crippen LogP) is 3.72. The predicted molar refractivity (Wildman–Crippen MR) is 102 cm³/mol. The molecule has 1 atom stereocenters. The van der Waals surface area contributed by atoms with Crippen molar-refractivity contribution < 1.29 is 23.9 Å². The lowest BCUT2D eigenvalue weighted by molar-refractivity contribution is -0.125. The van der Waals surface area contributed by atoms with E-state index < -0.39 is 29.7 Å². The van der Waals surface area contributed by atoms with Gasteiger partial charge in [0.25, 0.3) is 5.91 Å². The highest BCUT2D eigenvalue weighted by Crippen LogP contribution is 2.15. The number of carbonyl (C=O) groups is 3. The number of likely N-dealkylation sites (N-methyl/N-ethyl adjacent to an activating group) is 1. The molecule has 0 heterocycles. The van der Waals surface area contributed by atoms with Gasteiger partial charge in [0.1, 0.15) is 18.2 Å². The summed E-state index contributed by atoms with van der Waals surface area (Å²) in [5.74, 6) is -0.471. The highest BCUT2D eigenvalue weighted by Gasteiger charge is 2.31.